The van der Waals surface area contributed by atoms with Gasteiger partial charge in [0.15, 0.2) is 0 Å². The van der Waals surface area contributed by atoms with Gasteiger partial charge in [0.25, 0.3) is 0 Å². The van der Waals surface area contributed by atoms with Crippen LogP contribution in [0.1, 0.15) is 84.5 Å². The van der Waals surface area contributed by atoms with Crippen molar-refractivity contribution in [2.45, 2.75) is 84.5 Å². The van der Waals surface area contributed by atoms with Gasteiger partial charge in [0.2, 0.25) is 6.19 Å². The van der Waals surface area contributed by atoms with E-state index in [0.29, 0.717) is 11.8 Å². The first-order valence-electron chi connectivity index (χ1n) is 7.98. The molecule has 0 amide bonds. The van der Waals surface area contributed by atoms with E-state index in [1.807, 2.05) is 6.19 Å². The number of aliphatic imine (C=N–C) groups is 1. The molecule has 0 bridgehead atoms. The molecule has 0 aliphatic carbocycles. The molecule has 0 saturated heterocycles. The van der Waals surface area contributed by atoms with E-state index in [1.54, 1.807) is 0 Å². The second kappa shape index (κ2) is 13.4. The Morgan fingerprint density at radius 3 is 1.89 bits per heavy atom. The van der Waals surface area contributed by atoms with Crippen LogP contribution in [0.15, 0.2) is 4.99 Å². The molecule has 0 radical (unpaired) electrons. The van der Waals surface area contributed by atoms with Crippen molar-refractivity contribution >= 4 is 5.84 Å². The molecule has 0 fully saturated rings. The third-order valence-corrected chi connectivity index (χ3v) is 3.66. The van der Waals surface area contributed by atoms with E-state index in [-0.39, 0.29) is 0 Å². The summed E-state index contributed by atoms with van der Waals surface area (Å²) in [4.78, 5) is 3.74. The van der Waals surface area contributed by atoms with Gasteiger partial charge in [-0.1, -0.05) is 71.6 Å². The quantitative estimate of drug-likeness (QED) is 0.239. The van der Waals surface area contributed by atoms with E-state index < -0.39 is 0 Å². The first kappa shape index (κ1) is 18.0. The van der Waals surface area contributed by atoms with Crippen LogP contribution in [0, 0.1) is 17.4 Å². The molecule has 0 aliphatic heterocycles. The highest BCUT2D eigenvalue weighted by molar-refractivity contribution is 5.83. The van der Waals surface area contributed by atoms with Gasteiger partial charge in [0, 0.05) is 5.92 Å². The molecule has 110 valence electrons. The Morgan fingerprint density at radius 1 is 0.947 bits per heavy atom. The summed E-state index contributed by atoms with van der Waals surface area (Å²) >= 11 is 0. The number of unbranched alkanes of at least 4 members (excludes halogenated alkanes) is 7. The summed E-state index contributed by atoms with van der Waals surface area (Å²) in [7, 11) is 0. The average Bonchev–Trinajstić information content (AvgIpc) is 2.41. The van der Waals surface area contributed by atoms with Crippen molar-refractivity contribution in [2.75, 3.05) is 0 Å². The van der Waals surface area contributed by atoms with E-state index in [2.05, 4.69) is 18.8 Å². The van der Waals surface area contributed by atoms with E-state index in [1.165, 1.54) is 57.8 Å². The molecule has 0 saturated carbocycles. The zero-order chi connectivity index (χ0) is 14.3. The second-order valence-electron chi connectivity index (χ2n) is 5.39. The van der Waals surface area contributed by atoms with Crippen molar-refractivity contribution in [3.63, 3.8) is 0 Å². The van der Waals surface area contributed by atoms with Crippen LogP contribution in [-0.4, -0.2) is 5.84 Å². The highest BCUT2D eigenvalue weighted by atomic mass is 14.9. The largest absolute Gasteiger partial charge is 0.386 e. The molecule has 0 aromatic carbocycles. The highest BCUT2D eigenvalue weighted by Crippen LogP contribution is 2.19. The summed E-state index contributed by atoms with van der Waals surface area (Å²) in [5.41, 5.74) is 5.91. The standard InChI is InChI=1S/C16H31N3/c1-3-5-7-9-11-13-15(16(18)19-14-17)12-10-8-6-4-2/h15H,3-13H2,1-2H3,(H2,18,19). The van der Waals surface area contributed by atoms with Gasteiger partial charge in [-0.3, -0.25) is 0 Å². The van der Waals surface area contributed by atoms with Gasteiger partial charge in [-0.05, 0) is 12.8 Å². The molecular weight excluding hydrogens is 234 g/mol. The summed E-state index contributed by atoms with van der Waals surface area (Å²) < 4.78 is 0. The summed E-state index contributed by atoms with van der Waals surface area (Å²) in [6, 6.07) is 0. The lowest BCUT2D eigenvalue weighted by molar-refractivity contribution is 0.488. The highest BCUT2D eigenvalue weighted by Gasteiger charge is 2.12. The predicted molar refractivity (Wildman–Crippen MR) is 82.9 cm³/mol. The molecule has 0 aromatic heterocycles. The monoisotopic (exact) mass is 265 g/mol. The normalized spacial score (nSPS) is 13.2. The molecule has 0 rings (SSSR count). The maximum absolute atomic E-state index is 8.62. The summed E-state index contributed by atoms with van der Waals surface area (Å²) in [5.74, 6) is 0.868. The first-order chi connectivity index (χ1) is 9.26. The lowest BCUT2D eigenvalue weighted by Crippen LogP contribution is -2.23. The molecular formula is C16H31N3. The molecule has 1 unspecified atom stereocenters. The Kier molecular flexibility index (Phi) is 12.7. The molecule has 2 N–H and O–H groups in total. The smallest absolute Gasteiger partial charge is 0.207 e. The second-order valence-corrected chi connectivity index (χ2v) is 5.39. The van der Waals surface area contributed by atoms with E-state index >= 15 is 0 Å². The van der Waals surface area contributed by atoms with Gasteiger partial charge in [-0.2, -0.15) is 10.3 Å². The molecule has 0 aromatic rings. The third-order valence-electron chi connectivity index (χ3n) is 3.66. The molecule has 3 heteroatoms. The zero-order valence-corrected chi connectivity index (χ0v) is 12.8. The van der Waals surface area contributed by atoms with E-state index in [4.69, 9.17) is 11.0 Å². The molecule has 19 heavy (non-hydrogen) atoms. The fourth-order valence-corrected chi connectivity index (χ4v) is 2.40. The first-order valence-corrected chi connectivity index (χ1v) is 7.98. The third kappa shape index (κ3) is 10.6. The number of amidine groups is 1. The SMILES string of the molecule is CCCCCCCC(CCCCCC)C(N)=NC#N. The Labute approximate surface area is 119 Å². The van der Waals surface area contributed by atoms with Crippen molar-refractivity contribution in [3.8, 4) is 6.19 Å². The molecule has 3 nitrogen and oxygen atoms in total. The van der Waals surface area contributed by atoms with Crippen LogP contribution >= 0.6 is 0 Å². The van der Waals surface area contributed by atoms with Gasteiger partial charge in [0.1, 0.15) is 5.84 Å². The van der Waals surface area contributed by atoms with Crippen LogP contribution in [0.3, 0.4) is 0 Å². The summed E-state index contributed by atoms with van der Waals surface area (Å²) in [6.07, 6.45) is 15.4. The minimum absolute atomic E-state index is 0.318. The van der Waals surface area contributed by atoms with Crippen LogP contribution in [0.5, 0.6) is 0 Å². The topological polar surface area (TPSA) is 62.2 Å². The van der Waals surface area contributed by atoms with Crippen molar-refractivity contribution < 1.29 is 0 Å². The van der Waals surface area contributed by atoms with Crippen molar-refractivity contribution in [2.24, 2.45) is 16.6 Å². The molecule has 1 atom stereocenters. The van der Waals surface area contributed by atoms with Crippen LogP contribution < -0.4 is 5.73 Å². The van der Waals surface area contributed by atoms with Crippen LogP contribution in [0.25, 0.3) is 0 Å². The Hall–Kier alpha value is -1.04. The number of nitrogens with zero attached hydrogens (tertiary/aromatic N) is 2. The van der Waals surface area contributed by atoms with E-state index in [0.717, 1.165) is 12.8 Å². The summed E-state index contributed by atoms with van der Waals surface area (Å²) in [5, 5.41) is 8.62. The fourth-order valence-electron chi connectivity index (χ4n) is 2.40. The van der Waals surface area contributed by atoms with Crippen molar-refractivity contribution in [1.29, 1.82) is 5.26 Å². The number of nitriles is 1. The minimum atomic E-state index is 0.318. The predicted octanol–water partition coefficient (Wildman–Crippen LogP) is 4.77. The van der Waals surface area contributed by atoms with Gasteiger partial charge in [-0.25, -0.2) is 0 Å². The minimum Gasteiger partial charge on any atom is -0.386 e. The van der Waals surface area contributed by atoms with Crippen molar-refractivity contribution in [1.82, 2.24) is 0 Å². The van der Waals surface area contributed by atoms with Gasteiger partial charge in [0.05, 0.1) is 0 Å². The number of nitrogens with two attached hydrogens (primary N) is 1. The maximum Gasteiger partial charge on any atom is 0.207 e. The number of hydrogen-bond acceptors (Lipinski definition) is 2. The molecule has 0 heterocycles. The summed E-state index contributed by atoms with van der Waals surface area (Å²) in [6.45, 7) is 4.45. The fraction of sp³-hybridized carbons (Fsp3) is 0.875. The zero-order valence-electron chi connectivity index (χ0n) is 12.8. The Morgan fingerprint density at radius 2 is 1.42 bits per heavy atom. The van der Waals surface area contributed by atoms with Crippen LogP contribution in [0.2, 0.25) is 0 Å². The van der Waals surface area contributed by atoms with Gasteiger partial charge >= 0.3 is 0 Å². The maximum atomic E-state index is 8.62. The average molecular weight is 265 g/mol. The van der Waals surface area contributed by atoms with Crippen LogP contribution in [0.4, 0.5) is 0 Å². The van der Waals surface area contributed by atoms with E-state index in [9.17, 15) is 0 Å². The lowest BCUT2D eigenvalue weighted by Gasteiger charge is -2.15. The van der Waals surface area contributed by atoms with Crippen LogP contribution in [-0.2, 0) is 0 Å². The Balaban J connectivity index is 3.98. The van der Waals surface area contributed by atoms with Crippen molar-refractivity contribution in [3.05, 3.63) is 0 Å². The Bertz CT molecular complexity index is 266. The van der Waals surface area contributed by atoms with Gasteiger partial charge in [-0.15, -0.1) is 0 Å². The van der Waals surface area contributed by atoms with Gasteiger partial charge < -0.3 is 5.73 Å². The number of rotatable bonds is 12. The molecule has 0 aliphatic rings. The number of hydrogen-bond donors (Lipinski definition) is 1. The lowest BCUT2D eigenvalue weighted by atomic mass is 9.93. The molecule has 0 spiro atoms.